The molecule has 28 heavy (non-hydrogen) atoms. The highest BCUT2D eigenvalue weighted by Gasteiger charge is 2.39. The Morgan fingerprint density at radius 3 is 2.54 bits per heavy atom. The summed E-state index contributed by atoms with van der Waals surface area (Å²) in [5, 5.41) is 3.23. The third-order valence-corrected chi connectivity index (χ3v) is 5.56. The van der Waals surface area contributed by atoms with Crippen LogP contribution in [0.3, 0.4) is 0 Å². The van der Waals surface area contributed by atoms with Crippen LogP contribution in [0, 0.1) is 0 Å². The van der Waals surface area contributed by atoms with Crippen molar-refractivity contribution in [3.05, 3.63) is 36.3 Å². The quantitative estimate of drug-likeness (QED) is 0.809. The molecule has 0 bridgehead atoms. The van der Waals surface area contributed by atoms with Crippen LogP contribution in [0.15, 0.2) is 30.6 Å². The molecule has 2 aromatic heterocycles. The maximum Gasteiger partial charge on any atom is 0.433 e. The Morgan fingerprint density at radius 1 is 1.07 bits per heavy atom. The van der Waals surface area contributed by atoms with Gasteiger partial charge < -0.3 is 10.1 Å². The van der Waals surface area contributed by atoms with Crippen molar-refractivity contribution in [3.63, 3.8) is 0 Å². The second-order valence-corrected chi connectivity index (χ2v) is 7.62. The van der Waals surface area contributed by atoms with Crippen LogP contribution in [-0.2, 0) is 10.9 Å². The summed E-state index contributed by atoms with van der Waals surface area (Å²) in [5.74, 6) is 0.242. The minimum absolute atomic E-state index is 0.0353. The number of halogens is 3. The molecule has 3 heterocycles. The summed E-state index contributed by atoms with van der Waals surface area (Å²) in [6.07, 6.45) is 5.57. The highest BCUT2D eigenvalue weighted by molar-refractivity contribution is 5.57. The van der Waals surface area contributed by atoms with Gasteiger partial charge in [0.05, 0.1) is 5.60 Å². The summed E-state index contributed by atoms with van der Waals surface area (Å²) in [4.78, 5) is 12.0. The molecule has 1 atom stereocenters. The van der Waals surface area contributed by atoms with Crippen LogP contribution in [0.25, 0.3) is 11.4 Å². The number of pyridine rings is 1. The Hall–Kier alpha value is -2.22. The van der Waals surface area contributed by atoms with Gasteiger partial charge in [-0.2, -0.15) is 13.2 Å². The Labute approximate surface area is 161 Å². The smallest absolute Gasteiger partial charge is 0.375 e. The van der Waals surface area contributed by atoms with Crippen molar-refractivity contribution in [1.29, 1.82) is 0 Å². The number of nitrogens with zero attached hydrogens (tertiary/aromatic N) is 3. The van der Waals surface area contributed by atoms with Crippen molar-refractivity contribution < 1.29 is 17.9 Å². The predicted octanol–water partition coefficient (Wildman–Crippen LogP) is 4.85. The lowest BCUT2D eigenvalue weighted by Gasteiger charge is -2.43. The number of rotatable bonds is 3. The number of nitrogens with one attached hydrogen (secondary N) is 1. The van der Waals surface area contributed by atoms with Gasteiger partial charge in [0.25, 0.3) is 0 Å². The lowest BCUT2D eigenvalue weighted by Crippen LogP contribution is -2.45. The zero-order valence-electron chi connectivity index (χ0n) is 15.5. The van der Waals surface area contributed by atoms with Crippen molar-refractivity contribution in [1.82, 2.24) is 15.0 Å². The van der Waals surface area contributed by atoms with E-state index in [4.69, 9.17) is 4.74 Å². The predicted molar refractivity (Wildman–Crippen MR) is 98.7 cm³/mol. The fourth-order valence-corrected chi connectivity index (χ4v) is 4.20. The summed E-state index contributed by atoms with van der Waals surface area (Å²) in [6, 6.07) is 4.23. The standard InChI is InChI=1S/C20H23F3N4O/c21-20(22,23)16-12-17(27-18(26-16)14-4-9-24-10-5-14)25-15-6-11-28-19(13-15)7-2-1-3-8-19/h4-5,9-10,12,15H,1-3,6-8,11,13H2,(H,25,26,27). The molecule has 1 saturated heterocycles. The lowest BCUT2D eigenvalue weighted by molar-refractivity contribution is -0.141. The van der Waals surface area contributed by atoms with E-state index < -0.39 is 11.9 Å². The first-order valence-electron chi connectivity index (χ1n) is 9.71. The molecule has 0 amide bonds. The molecule has 0 aromatic carbocycles. The largest absolute Gasteiger partial charge is 0.433 e. The number of hydrogen-bond acceptors (Lipinski definition) is 5. The first-order valence-corrected chi connectivity index (χ1v) is 9.71. The average Bonchev–Trinajstić information content (AvgIpc) is 2.68. The van der Waals surface area contributed by atoms with E-state index in [0.29, 0.717) is 12.2 Å². The highest BCUT2D eigenvalue weighted by atomic mass is 19.4. The van der Waals surface area contributed by atoms with Crippen LogP contribution in [0.2, 0.25) is 0 Å². The van der Waals surface area contributed by atoms with Crippen molar-refractivity contribution in [2.45, 2.75) is 62.8 Å². The molecule has 1 saturated carbocycles. The summed E-state index contributed by atoms with van der Waals surface area (Å²) in [5.41, 5.74) is -0.585. The zero-order chi connectivity index (χ0) is 19.6. The molecule has 1 unspecified atom stereocenters. The second-order valence-electron chi connectivity index (χ2n) is 7.62. The van der Waals surface area contributed by atoms with Gasteiger partial charge in [0.15, 0.2) is 11.5 Å². The SMILES string of the molecule is FC(F)(F)c1cc(NC2CCOC3(CCCCC3)C2)nc(-c2ccncc2)n1. The van der Waals surface area contributed by atoms with Gasteiger partial charge >= 0.3 is 6.18 Å². The summed E-state index contributed by atoms with van der Waals surface area (Å²) < 4.78 is 46.2. The van der Waals surface area contributed by atoms with E-state index in [9.17, 15) is 13.2 Å². The van der Waals surface area contributed by atoms with Crippen molar-refractivity contribution >= 4 is 5.82 Å². The molecule has 1 aliphatic carbocycles. The molecule has 1 spiro atoms. The van der Waals surface area contributed by atoms with Crippen molar-refractivity contribution in [2.24, 2.45) is 0 Å². The lowest BCUT2D eigenvalue weighted by atomic mass is 9.78. The van der Waals surface area contributed by atoms with Gasteiger partial charge in [0.2, 0.25) is 0 Å². The topological polar surface area (TPSA) is 59.9 Å². The van der Waals surface area contributed by atoms with Gasteiger partial charge in [-0.1, -0.05) is 19.3 Å². The fourth-order valence-electron chi connectivity index (χ4n) is 4.20. The summed E-state index contributed by atoms with van der Waals surface area (Å²) in [7, 11) is 0. The Balaban J connectivity index is 1.60. The normalized spacial score (nSPS) is 22.2. The van der Waals surface area contributed by atoms with Crippen LogP contribution in [0.5, 0.6) is 0 Å². The molecule has 5 nitrogen and oxygen atoms in total. The first kappa shape index (κ1) is 19.1. The Morgan fingerprint density at radius 2 is 1.82 bits per heavy atom. The molecular weight excluding hydrogens is 369 g/mol. The maximum absolute atomic E-state index is 13.4. The minimum Gasteiger partial charge on any atom is -0.375 e. The molecule has 1 aliphatic heterocycles. The summed E-state index contributed by atoms with van der Waals surface area (Å²) >= 11 is 0. The molecule has 150 valence electrons. The van der Waals surface area contributed by atoms with Gasteiger partial charge in [-0.05, 0) is 37.8 Å². The van der Waals surface area contributed by atoms with Crippen molar-refractivity contribution in [3.8, 4) is 11.4 Å². The maximum atomic E-state index is 13.4. The molecule has 2 aliphatic rings. The van der Waals surface area contributed by atoms with Gasteiger partial charge in [-0.3, -0.25) is 4.98 Å². The highest BCUT2D eigenvalue weighted by Crippen LogP contribution is 2.39. The number of ether oxygens (including phenoxy) is 1. The second kappa shape index (κ2) is 7.66. The molecule has 2 fully saturated rings. The van der Waals surface area contributed by atoms with E-state index in [0.717, 1.165) is 44.6 Å². The van der Waals surface area contributed by atoms with Gasteiger partial charge in [0, 0.05) is 36.7 Å². The van der Waals surface area contributed by atoms with Crippen LogP contribution in [-0.4, -0.2) is 33.2 Å². The first-order chi connectivity index (χ1) is 13.4. The van der Waals surface area contributed by atoms with Crippen LogP contribution < -0.4 is 5.32 Å². The van der Waals surface area contributed by atoms with Gasteiger partial charge in [0.1, 0.15) is 5.82 Å². The van der Waals surface area contributed by atoms with E-state index in [1.165, 1.54) is 18.8 Å². The van der Waals surface area contributed by atoms with E-state index in [1.807, 2.05) is 0 Å². The van der Waals surface area contributed by atoms with Crippen molar-refractivity contribution in [2.75, 3.05) is 11.9 Å². The summed E-state index contributed by atoms with van der Waals surface area (Å²) in [6.45, 7) is 0.617. The molecule has 2 aromatic rings. The molecule has 8 heteroatoms. The monoisotopic (exact) mass is 392 g/mol. The zero-order valence-corrected chi connectivity index (χ0v) is 15.5. The van der Waals surface area contributed by atoms with E-state index in [-0.39, 0.29) is 23.3 Å². The van der Waals surface area contributed by atoms with Crippen LogP contribution >= 0.6 is 0 Å². The minimum atomic E-state index is -4.54. The number of aromatic nitrogens is 3. The van der Waals surface area contributed by atoms with Gasteiger partial charge in [-0.25, -0.2) is 9.97 Å². The number of anilines is 1. The fraction of sp³-hybridized carbons (Fsp3) is 0.550. The Bertz CT molecular complexity index is 801. The molecule has 4 rings (SSSR count). The Kier molecular flexibility index (Phi) is 5.23. The van der Waals surface area contributed by atoms with Crippen LogP contribution in [0.4, 0.5) is 19.0 Å². The third kappa shape index (κ3) is 4.27. The van der Waals surface area contributed by atoms with E-state index >= 15 is 0 Å². The molecular formula is C20H23F3N4O. The number of alkyl halides is 3. The average molecular weight is 392 g/mol. The van der Waals surface area contributed by atoms with Gasteiger partial charge in [-0.15, -0.1) is 0 Å². The number of hydrogen-bond donors (Lipinski definition) is 1. The van der Waals surface area contributed by atoms with E-state index in [1.54, 1.807) is 12.1 Å². The molecule has 0 radical (unpaired) electrons. The van der Waals surface area contributed by atoms with E-state index in [2.05, 4.69) is 20.3 Å². The molecule has 1 N–H and O–H groups in total. The van der Waals surface area contributed by atoms with Crippen LogP contribution in [0.1, 0.15) is 50.6 Å². The third-order valence-electron chi connectivity index (χ3n) is 5.56.